The van der Waals surface area contributed by atoms with Gasteiger partial charge in [0.2, 0.25) is 0 Å². The number of benzene rings is 1. The fourth-order valence-electron chi connectivity index (χ4n) is 1.44. The molecule has 5 nitrogen and oxygen atoms in total. The molecular formula is C12H14Cl2N2O3. The second-order valence-electron chi connectivity index (χ2n) is 4.20. The first-order valence-corrected chi connectivity index (χ1v) is 6.35. The van der Waals surface area contributed by atoms with Crippen LogP contribution in [0, 0.1) is 5.92 Å². The van der Waals surface area contributed by atoms with E-state index in [1.807, 2.05) is 0 Å². The first-order valence-electron chi connectivity index (χ1n) is 5.59. The van der Waals surface area contributed by atoms with Crippen molar-refractivity contribution in [2.24, 2.45) is 5.92 Å². The summed E-state index contributed by atoms with van der Waals surface area (Å²) in [5, 5.41) is 14.6. The SMILES string of the molecule is CC(CNC(=O)Nc1cc(Cl)cc(Cl)c1)CC(=O)O. The van der Waals surface area contributed by atoms with E-state index in [1.54, 1.807) is 25.1 Å². The molecule has 104 valence electrons. The van der Waals surface area contributed by atoms with Crippen LogP contribution >= 0.6 is 23.2 Å². The molecule has 0 aliphatic heterocycles. The van der Waals surface area contributed by atoms with Gasteiger partial charge in [0.25, 0.3) is 0 Å². The van der Waals surface area contributed by atoms with Gasteiger partial charge in [-0.05, 0) is 24.1 Å². The molecule has 19 heavy (non-hydrogen) atoms. The second kappa shape index (κ2) is 7.21. The lowest BCUT2D eigenvalue weighted by atomic mass is 10.1. The van der Waals surface area contributed by atoms with Crippen LogP contribution < -0.4 is 10.6 Å². The number of carbonyl (C=O) groups excluding carboxylic acids is 1. The van der Waals surface area contributed by atoms with Crippen LogP contribution in [0.1, 0.15) is 13.3 Å². The van der Waals surface area contributed by atoms with E-state index in [0.717, 1.165) is 0 Å². The van der Waals surface area contributed by atoms with Crippen molar-refractivity contribution in [3.8, 4) is 0 Å². The Morgan fingerprint density at radius 3 is 2.37 bits per heavy atom. The van der Waals surface area contributed by atoms with Gasteiger partial charge in [0.15, 0.2) is 0 Å². The molecule has 0 heterocycles. The van der Waals surface area contributed by atoms with Gasteiger partial charge < -0.3 is 15.7 Å². The number of carboxylic acid groups (broad SMARTS) is 1. The summed E-state index contributed by atoms with van der Waals surface area (Å²) in [5.74, 6) is -1.04. The number of carboxylic acids is 1. The largest absolute Gasteiger partial charge is 0.481 e. The fourth-order valence-corrected chi connectivity index (χ4v) is 1.96. The van der Waals surface area contributed by atoms with Crippen LogP contribution in [0.15, 0.2) is 18.2 Å². The fraction of sp³-hybridized carbons (Fsp3) is 0.333. The number of rotatable bonds is 5. The lowest BCUT2D eigenvalue weighted by Gasteiger charge is -2.11. The molecule has 3 N–H and O–H groups in total. The van der Waals surface area contributed by atoms with Crippen LogP contribution in [-0.2, 0) is 4.79 Å². The van der Waals surface area contributed by atoms with Crippen molar-refractivity contribution in [3.05, 3.63) is 28.2 Å². The Morgan fingerprint density at radius 1 is 1.26 bits per heavy atom. The Balaban J connectivity index is 2.45. The van der Waals surface area contributed by atoms with Crippen molar-refractivity contribution in [3.63, 3.8) is 0 Å². The van der Waals surface area contributed by atoms with Crippen molar-refractivity contribution in [1.82, 2.24) is 5.32 Å². The number of hydrogen-bond acceptors (Lipinski definition) is 2. The molecule has 2 amide bonds. The summed E-state index contributed by atoms with van der Waals surface area (Å²) >= 11 is 11.6. The molecule has 1 unspecified atom stereocenters. The summed E-state index contributed by atoms with van der Waals surface area (Å²) in [6.45, 7) is 2.01. The van der Waals surface area contributed by atoms with Gasteiger partial charge in [0.1, 0.15) is 0 Å². The molecule has 0 bridgehead atoms. The van der Waals surface area contributed by atoms with Crippen molar-refractivity contribution in [1.29, 1.82) is 0 Å². The number of halogens is 2. The molecule has 0 spiro atoms. The van der Waals surface area contributed by atoms with Gasteiger partial charge >= 0.3 is 12.0 Å². The van der Waals surface area contributed by atoms with E-state index >= 15 is 0 Å². The smallest absolute Gasteiger partial charge is 0.319 e. The summed E-state index contributed by atoms with van der Waals surface area (Å²) in [6, 6.07) is 4.25. The number of amides is 2. The minimum Gasteiger partial charge on any atom is -0.481 e. The average molecular weight is 305 g/mol. The van der Waals surface area contributed by atoms with Gasteiger partial charge in [0.05, 0.1) is 0 Å². The Hall–Kier alpha value is -1.46. The quantitative estimate of drug-likeness (QED) is 0.781. The highest BCUT2D eigenvalue weighted by Gasteiger charge is 2.09. The predicted molar refractivity (Wildman–Crippen MR) is 74.9 cm³/mol. The topological polar surface area (TPSA) is 78.4 Å². The summed E-state index contributed by atoms with van der Waals surface area (Å²) in [7, 11) is 0. The Bertz CT molecular complexity index is 460. The third-order valence-corrected chi connectivity index (χ3v) is 2.69. The number of aliphatic carboxylic acids is 1. The van der Waals surface area contributed by atoms with Crippen molar-refractivity contribution in [2.75, 3.05) is 11.9 Å². The number of urea groups is 1. The molecular weight excluding hydrogens is 291 g/mol. The molecule has 1 atom stereocenters. The molecule has 0 saturated carbocycles. The summed E-state index contributed by atoms with van der Waals surface area (Å²) in [5.41, 5.74) is 0.473. The van der Waals surface area contributed by atoms with Crippen LogP contribution in [0.5, 0.6) is 0 Å². The van der Waals surface area contributed by atoms with Gasteiger partial charge in [-0.15, -0.1) is 0 Å². The van der Waals surface area contributed by atoms with Crippen LogP contribution in [-0.4, -0.2) is 23.7 Å². The Labute approximate surface area is 120 Å². The van der Waals surface area contributed by atoms with Crippen LogP contribution in [0.3, 0.4) is 0 Å². The standard InChI is InChI=1S/C12H14Cl2N2O3/c1-7(2-11(17)18)6-15-12(19)16-10-4-8(13)3-9(14)5-10/h3-5,7H,2,6H2,1H3,(H,17,18)(H2,15,16,19). The van der Waals surface area contributed by atoms with E-state index in [4.69, 9.17) is 28.3 Å². The molecule has 0 saturated heterocycles. The van der Waals surface area contributed by atoms with E-state index in [1.165, 1.54) is 0 Å². The number of anilines is 1. The predicted octanol–water partition coefficient (Wildman–Crippen LogP) is 3.23. The van der Waals surface area contributed by atoms with Crippen LogP contribution in [0.2, 0.25) is 10.0 Å². The molecule has 0 aromatic heterocycles. The first-order chi connectivity index (χ1) is 8.86. The zero-order valence-electron chi connectivity index (χ0n) is 10.2. The summed E-state index contributed by atoms with van der Waals surface area (Å²) < 4.78 is 0. The molecule has 7 heteroatoms. The van der Waals surface area contributed by atoms with E-state index in [9.17, 15) is 9.59 Å². The molecule has 0 aliphatic rings. The van der Waals surface area contributed by atoms with Gasteiger partial charge in [0, 0.05) is 28.7 Å². The summed E-state index contributed by atoms with van der Waals surface area (Å²) in [4.78, 5) is 22.0. The number of nitrogens with one attached hydrogen (secondary N) is 2. The Morgan fingerprint density at radius 2 is 1.84 bits per heavy atom. The summed E-state index contributed by atoms with van der Waals surface area (Å²) in [6.07, 6.45) is 0.00325. The number of hydrogen-bond donors (Lipinski definition) is 3. The zero-order valence-corrected chi connectivity index (χ0v) is 11.8. The van der Waals surface area contributed by atoms with Gasteiger partial charge in [-0.2, -0.15) is 0 Å². The Kier molecular flexibility index (Phi) is 5.92. The number of carbonyl (C=O) groups is 2. The molecule has 1 rings (SSSR count). The normalized spacial score (nSPS) is 11.7. The van der Waals surface area contributed by atoms with Crippen LogP contribution in [0.4, 0.5) is 10.5 Å². The minimum absolute atomic E-state index is 0.00325. The second-order valence-corrected chi connectivity index (χ2v) is 5.07. The van der Waals surface area contributed by atoms with Gasteiger partial charge in [-0.1, -0.05) is 30.1 Å². The van der Waals surface area contributed by atoms with Gasteiger partial charge in [-0.25, -0.2) is 4.79 Å². The highest BCUT2D eigenvalue weighted by molar-refractivity contribution is 6.35. The molecule has 0 radical (unpaired) electrons. The van der Waals surface area contributed by atoms with E-state index in [0.29, 0.717) is 15.7 Å². The van der Waals surface area contributed by atoms with Crippen molar-refractivity contribution >= 4 is 40.9 Å². The lowest BCUT2D eigenvalue weighted by Crippen LogP contribution is -2.32. The maximum Gasteiger partial charge on any atom is 0.319 e. The highest BCUT2D eigenvalue weighted by atomic mass is 35.5. The first kappa shape index (κ1) is 15.6. The zero-order chi connectivity index (χ0) is 14.4. The van der Waals surface area contributed by atoms with E-state index < -0.39 is 12.0 Å². The van der Waals surface area contributed by atoms with E-state index in [-0.39, 0.29) is 18.9 Å². The third kappa shape index (κ3) is 6.31. The average Bonchev–Trinajstić information content (AvgIpc) is 2.23. The molecule has 0 fully saturated rings. The monoisotopic (exact) mass is 304 g/mol. The molecule has 1 aromatic rings. The molecule has 1 aromatic carbocycles. The maximum absolute atomic E-state index is 11.6. The lowest BCUT2D eigenvalue weighted by molar-refractivity contribution is -0.137. The minimum atomic E-state index is -0.892. The molecule has 0 aliphatic carbocycles. The van der Waals surface area contributed by atoms with Crippen molar-refractivity contribution in [2.45, 2.75) is 13.3 Å². The van der Waals surface area contributed by atoms with E-state index in [2.05, 4.69) is 10.6 Å². The van der Waals surface area contributed by atoms with Crippen LogP contribution in [0.25, 0.3) is 0 Å². The maximum atomic E-state index is 11.6. The van der Waals surface area contributed by atoms with Gasteiger partial charge in [-0.3, -0.25) is 4.79 Å². The highest BCUT2D eigenvalue weighted by Crippen LogP contribution is 2.22. The third-order valence-electron chi connectivity index (χ3n) is 2.25. The van der Waals surface area contributed by atoms with Crippen molar-refractivity contribution < 1.29 is 14.7 Å².